The Balaban J connectivity index is 2.04. The van der Waals surface area contributed by atoms with Crippen LogP contribution in [0.5, 0.6) is 11.5 Å². The van der Waals surface area contributed by atoms with Crippen molar-refractivity contribution < 1.29 is 14.3 Å². The Morgan fingerprint density at radius 2 is 1.80 bits per heavy atom. The van der Waals surface area contributed by atoms with Gasteiger partial charge in [-0.3, -0.25) is 4.79 Å². The molecule has 0 fully saturated rings. The molecule has 0 saturated heterocycles. The largest absolute Gasteiger partial charge is 0.492 e. The van der Waals surface area contributed by atoms with E-state index >= 15 is 0 Å². The smallest absolute Gasteiger partial charge is 0.224 e. The molecule has 30 heavy (non-hydrogen) atoms. The first kappa shape index (κ1) is 22.2. The van der Waals surface area contributed by atoms with Gasteiger partial charge in [-0.25, -0.2) is 0 Å². The van der Waals surface area contributed by atoms with Crippen molar-refractivity contribution in [3.05, 3.63) is 52.1 Å². The molecular weight excluding hydrogens is 374 g/mol. The topological polar surface area (TPSA) is 47.6 Å². The standard InChI is InChI=1S/C26H35NO3/c1-15(2)18-9-11-19(12-10-18)20-14-30-25-22(20)16(3)23(17(4)24(25)29-8)27-21(28)13-26(5,6)7/h9-12,15,20H,13-14H2,1-8H3,(H,27,28)/t20-/m1/s1. The highest BCUT2D eigenvalue weighted by Gasteiger charge is 2.34. The third-order valence-corrected chi connectivity index (χ3v) is 5.85. The summed E-state index contributed by atoms with van der Waals surface area (Å²) in [7, 11) is 1.66. The maximum atomic E-state index is 12.7. The molecule has 1 N–H and O–H groups in total. The molecular formula is C26H35NO3. The number of amides is 1. The molecule has 0 aromatic heterocycles. The molecule has 0 radical (unpaired) electrons. The highest BCUT2D eigenvalue weighted by Crippen LogP contribution is 2.50. The fourth-order valence-electron chi connectivity index (χ4n) is 4.28. The lowest BCUT2D eigenvalue weighted by atomic mass is 9.86. The normalized spacial score (nSPS) is 15.7. The first-order valence-corrected chi connectivity index (χ1v) is 10.8. The van der Waals surface area contributed by atoms with E-state index in [1.54, 1.807) is 7.11 Å². The summed E-state index contributed by atoms with van der Waals surface area (Å²) in [6.45, 7) is 15.2. The lowest BCUT2D eigenvalue weighted by Crippen LogP contribution is -2.21. The lowest BCUT2D eigenvalue weighted by Gasteiger charge is -2.22. The molecule has 0 aliphatic carbocycles. The minimum absolute atomic E-state index is 0.0208. The molecule has 0 bridgehead atoms. The number of fused-ring (bicyclic) bond motifs is 1. The Hall–Kier alpha value is -2.49. The zero-order chi connectivity index (χ0) is 22.2. The summed E-state index contributed by atoms with van der Waals surface area (Å²) >= 11 is 0. The number of ether oxygens (including phenoxy) is 2. The van der Waals surface area contributed by atoms with E-state index in [2.05, 4.69) is 71.1 Å². The van der Waals surface area contributed by atoms with Gasteiger partial charge in [0.05, 0.1) is 19.4 Å². The van der Waals surface area contributed by atoms with Crippen LogP contribution in [0.25, 0.3) is 0 Å². The molecule has 1 amide bonds. The van der Waals surface area contributed by atoms with Gasteiger partial charge in [0.15, 0.2) is 11.5 Å². The molecule has 1 aliphatic rings. The predicted molar refractivity (Wildman–Crippen MR) is 123 cm³/mol. The SMILES string of the molecule is COc1c(C)c(NC(=O)CC(C)(C)C)c(C)c2c1OC[C@@H]2c1ccc(C(C)C)cc1. The summed E-state index contributed by atoms with van der Waals surface area (Å²) < 4.78 is 11.9. The molecule has 2 aromatic carbocycles. The lowest BCUT2D eigenvalue weighted by molar-refractivity contribution is -0.117. The molecule has 3 rings (SSSR count). The molecule has 4 heteroatoms. The van der Waals surface area contributed by atoms with Crippen molar-refractivity contribution in [1.82, 2.24) is 0 Å². The van der Waals surface area contributed by atoms with Gasteiger partial charge in [-0.2, -0.15) is 0 Å². The van der Waals surface area contributed by atoms with E-state index in [-0.39, 0.29) is 17.2 Å². The molecule has 0 spiro atoms. The third kappa shape index (κ3) is 4.33. The second-order valence-corrected chi connectivity index (χ2v) is 9.87. The first-order valence-electron chi connectivity index (χ1n) is 10.8. The van der Waals surface area contributed by atoms with Gasteiger partial charge in [-0.15, -0.1) is 0 Å². The van der Waals surface area contributed by atoms with Crippen LogP contribution in [0.15, 0.2) is 24.3 Å². The van der Waals surface area contributed by atoms with Crippen LogP contribution < -0.4 is 14.8 Å². The van der Waals surface area contributed by atoms with Crippen molar-refractivity contribution in [2.45, 2.75) is 66.7 Å². The Morgan fingerprint density at radius 3 is 2.33 bits per heavy atom. The molecule has 1 atom stereocenters. The van der Waals surface area contributed by atoms with Crippen LogP contribution in [0.2, 0.25) is 0 Å². The second-order valence-electron chi connectivity index (χ2n) is 9.87. The van der Waals surface area contributed by atoms with Crippen LogP contribution in [0.1, 0.15) is 80.7 Å². The summed E-state index contributed by atoms with van der Waals surface area (Å²) in [5.41, 5.74) is 6.39. The summed E-state index contributed by atoms with van der Waals surface area (Å²) in [6, 6.07) is 8.79. The number of anilines is 1. The van der Waals surface area contributed by atoms with Crippen molar-refractivity contribution in [1.29, 1.82) is 0 Å². The highest BCUT2D eigenvalue weighted by molar-refractivity contribution is 5.94. The molecule has 0 unspecified atom stereocenters. The van der Waals surface area contributed by atoms with Crippen LogP contribution >= 0.6 is 0 Å². The van der Waals surface area contributed by atoms with Crippen LogP contribution in [-0.4, -0.2) is 19.6 Å². The van der Waals surface area contributed by atoms with Crippen LogP contribution in [-0.2, 0) is 4.79 Å². The summed E-state index contributed by atoms with van der Waals surface area (Å²) in [4.78, 5) is 12.7. The fraction of sp³-hybridized carbons (Fsp3) is 0.500. The predicted octanol–water partition coefficient (Wildman–Crippen LogP) is 6.33. The second kappa shape index (κ2) is 8.33. The number of methoxy groups -OCH3 is 1. The quantitative estimate of drug-likeness (QED) is 0.627. The van der Waals surface area contributed by atoms with E-state index < -0.39 is 0 Å². The molecule has 162 valence electrons. The van der Waals surface area contributed by atoms with Crippen molar-refractivity contribution >= 4 is 11.6 Å². The molecule has 1 heterocycles. The number of rotatable bonds is 5. The van der Waals surface area contributed by atoms with Crippen LogP contribution in [0.4, 0.5) is 5.69 Å². The van der Waals surface area contributed by atoms with Crippen molar-refractivity contribution in [3.63, 3.8) is 0 Å². The minimum atomic E-state index is -0.0729. The van der Waals surface area contributed by atoms with E-state index in [4.69, 9.17) is 9.47 Å². The van der Waals surface area contributed by atoms with E-state index in [1.165, 1.54) is 11.1 Å². The van der Waals surface area contributed by atoms with Crippen molar-refractivity contribution in [3.8, 4) is 11.5 Å². The molecule has 4 nitrogen and oxygen atoms in total. The van der Waals surface area contributed by atoms with E-state index in [1.807, 2.05) is 6.92 Å². The van der Waals surface area contributed by atoms with Crippen molar-refractivity contribution in [2.24, 2.45) is 5.41 Å². The van der Waals surface area contributed by atoms with Gasteiger partial charge in [-0.1, -0.05) is 58.9 Å². The van der Waals surface area contributed by atoms with E-state index in [0.29, 0.717) is 24.7 Å². The van der Waals surface area contributed by atoms with Gasteiger partial charge in [0, 0.05) is 23.5 Å². The highest BCUT2D eigenvalue weighted by atomic mass is 16.5. The maximum absolute atomic E-state index is 12.7. The Bertz CT molecular complexity index is 936. The van der Waals surface area contributed by atoms with Gasteiger partial charge in [0.25, 0.3) is 0 Å². The van der Waals surface area contributed by atoms with Gasteiger partial charge >= 0.3 is 0 Å². The van der Waals surface area contributed by atoms with Crippen molar-refractivity contribution in [2.75, 3.05) is 19.0 Å². The Kier molecular flexibility index (Phi) is 6.16. The minimum Gasteiger partial charge on any atom is -0.492 e. The molecule has 2 aromatic rings. The Morgan fingerprint density at radius 1 is 1.17 bits per heavy atom. The van der Waals surface area contributed by atoms with Gasteiger partial charge < -0.3 is 14.8 Å². The van der Waals surface area contributed by atoms with Gasteiger partial charge in [0.2, 0.25) is 5.91 Å². The summed E-state index contributed by atoms with van der Waals surface area (Å²) in [5.74, 6) is 2.16. The zero-order valence-corrected chi connectivity index (χ0v) is 19.6. The monoisotopic (exact) mass is 409 g/mol. The number of carbonyl (C=O) groups excluding carboxylic acids is 1. The molecule has 1 aliphatic heterocycles. The third-order valence-electron chi connectivity index (χ3n) is 5.85. The average Bonchev–Trinajstić information content (AvgIpc) is 3.09. The first-order chi connectivity index (χ1) is 14.0. The van der Waals surface area contributed by atoms with E-state index in [0.717, 1.165) is 28.1 Å². The number of hydrogen-bond donors (Lipinski definition) is 1. The number of nitrogens with one attached hydrogen (secondary N) is 1. The van der Waals surface area contributed by atoms with Gasteiger partial charge in [-0.05, 0) is 41.9 Å². The summed E-state index contributed by atoms with van der Waals surface area (Å²) in [5, 5.41) is 3.16. The van der Waals surface area contributed by atoms with E-state index in [9.17, 15) is 4.79 Å². The fourth-order valence-corrected chi connectivity index (χ4v) is 4.28. The molecule has 0 saturated carbocycles. The average molecular weight is 410 g/mol. The summed E-state index contributed by atoms with van der Waals surface area (Å²) in [6.07, 6.45) is 0.460. The number of hydrogen-bond acceptors (Lipinski definition) is 3. The Labute approximate surface area is 181 Å². The number of carbonyl (C=O) groups is 1. The van der Waals surface area contributed by atoms with Crippen LogP contribution in [0.3, 0.4) is 0 Å². The van der Waals surface area contributed by atoms with Crippen LogP contribution in [0, 0.1) is 19.3 Å². The van der Waals surface area contributed by atoms with Gasteiger partial charge in [0.1, 0.15) is 0 Å². The number of benzene rings is 2. The maximum Gasteiger partial charge on any atom is 0.224 e. The zero-order valence-electron chi connectivity index (χ0n) is 19.6.